The van der Waals surface area contributed by atoms with Gasteiger partial charge in [-0.3, -0.25) is 4.79 Å². The molecule has 4 atom stereocenters. The minimum Gasteiger partial charge on any atom is -0.497 e. The van der Waals surface area contributed by atoms with E-state index in [-0.39, 0.29) is 11.9 Å². The number of methoxy groups -OCH3 is 1. The van der Waals surface area contributed by atoms with Crippen LogP contribution < -0.4 is 15.0 Å². The number of anilines is 1. The van der Waals surface area contributed by atoms with Gasteiger partial charge < -0.3 is 19.4 Å². The number of rotatable bonds is 6. The standard InChI is InChI=1S/C24H35N3O3/c1-16-7-6-8-17(2)19(16)12-13-25-23(28)21-9-4-5-14-27(21)24-26-20-15-18(29-3)10-11-22(20)30-24/h10-11,15-17,19,21H,4-9,12-14H2,1-3H3,(H,25,28)/t16-,17+,19?,21-/m0/s1. The zero-order chi connectivity index (χ0) is 21.1. The third kappa shape index (κ3) is 4.42. The molecule has 1 amide bonds. The lowest BCUT2D eigenvalue weighted by Crippen LogP contribution is -2.50. The van der Waals surface area contributed by atoms with Gasteiger partial charge in [0.15, 0.2) is 5.58 Å². The van der Waals surface area contributed by atoms with E-state index in [4.69, 9.17) is 9.15 Å². The van der Waals surface area contributed by atoms with Gasteiger partial charge in [-0.05, 0) is 55.6 Å². The molecule has 0 radical (unpaired) electrons. The van der Waals surface area contributed by atoms with Gasteiger partial charge in [0.1, 0.15) is 17.3 Å². The highest BCUT2D eigenvalue weighted by atomic mass is 16.5. The summed E-state index contributed by atoms with van der Waals surface area (Å²) in [5.41, 5.74) is 1.48. The number of fused-ring (bicyclic) bond motifs is 1. The fourth-order valence-electron chi connectivity index (χ4n) is 5.38. The molecule has 1 aromatic carbocycles. The van der Waals surface area contributed by atoms with Crippen LogP contribution in [-0.4, -0.2) is 37.1 Å². The molecule has 1 saturated heterocycles. The first kappa shape index (κ1) is 21.0. The zero-order valence-corrected chi connectivity index (χ0v) is 18.5. The number of carbonyl (C=O) groups is 1. The molecule has 2 aromatic rings. The van der Waals surface area contributed by atoms with Gasteiger partial charge in [-0.25, -0.2) is 0 Å². The predicted molar refractivity (Wildman–Crippen MR) is 119 cm³/mol. The fraction of sp³-hybridized carbons (Fsp3) is 0.667. The van der Waals surface area contributed by atoms with Gasteiger partial charge in [-0.1, -0.05) is 33.1 Å². The summed E-state index contributed by atoms with van der Waals surface area (Å²) >= 11 is 0. The van der Waals surface area contributed by atoms with Gasteiger partial charge in [-0.15, -0.1) is 0 Å². The van der Waals surface area contributed by atoms with Gasteiger partial charge in [0.2, 0.25) is 5.91 Å². The summed E-state index contributed by atoms with van der Waals surface area (Å²) in [6.07, 6.45) is 8.00. The average Bonchev–Trinajstić information content (AvgIpc) is 3.18. The van der Waals surface area contributed by atoms with E-state index in [0.717, 1.165) is 67.5 Å². The lowest BCUT2D eigenvalue weighted by Gasteiger charge is -2.35. The molecule has 0 bridgehead atoms. The molecule has 6 heteroatoms. The van der Waals surface area contributed by atoms with Crippen LogP contribution in [0.4, 0.5) is 6.01 Å². The van der Waals surface area contributed by atoms with E-state index in [0.29, 0.717) is 11.9 Å². The molecule has 2 heterocycles. The number of benzene rings is 1. The lowest BCUT2D eigenvalue weighted by atomic mass is 9.72. The van der Waals surface area contributed by atoms with Crippen LogP contribution in [0.5, 0.6) is 5.75 Å². The van der Waals surface area contributed by atoms with E-state index in [1.54, 1.807) is 7.11 Å². The quantitative estimate of drug-likeness (QED) is 0.739. The van der Waals surface area contributed by atoms with Gasteiger partial charge in [0.25, 0.3) is 6.01 Å². The lowest BCUT2D eigenvalue weighted by molar-refractivity contribution is -0.123. The van der Waals surface area contributed by atoms with Crippen molar-refractivity contribution < 1.29 is 13.9 Å². The van der Waals surface area contributed by atoms with Crippen molar-refractivity contribution in [2.45, 2.75) is 64.8 Å². The number of piperidine rings is 1. The molecular weight excluding hydrogens is 378 g/mol. The van der Waals surface area contributed by atoms with Gasteiger partial charge in [-0.2, -0.15) is 4.98 Å². The minimum atomic E-state index is -0.213. The molecule has 0 spiro atoms. The molecule has 2 aliphatic rings. The Morgan fingerprint density at radius 3 is 2.77 bits per heavy atom. The summed E-state index contributed by atoms with van der Waals surface area (Å²) < 4.78 is 11.3. The van der Waals surface area contributed by atoms with E-state index in [1.165, 1.54) is 19.3 Å². The van der Waals surface area contributed by atoms with Crippen molar-refractivity contribution in [2.24, 2.45) is 17.8 Å². The summed E-state index contributed by atoms with van der Waals surface area (Å²) in [7, 11) is 1.64. The Morgan fingerprint density at radius 2 is 2.00 bits per heavy atom. The number of amides is 1. The normalized spacial score (nSPS) is 27.2. The van der Waals surface area contributed by atoms with Crippen molar-refractivity contribution in [2.75, 3.05) is 25.1 Å². The third-order valence-electron chi connectivity index (χ3n) is 7.19. The molecule has 1 unspecified atom stereocenters. The molecule has 1 aliphatic heterocycles. The molecule has 4 rings (SSSR count). The third-order valence-corrected chi connectivity index (χ3v) is 7.19. The molecule has 1 aliphatic carbocycles. The Bertz CT molecular complexity index is 854. The molecule has 1 N–H and O–H groups in total. The van der Waals surface area contributed by atoms with Crippen molar-refractivity contribution in [3.05, 3.63) is 18.2 Å². The Kier molecular flexibility index (Phi) is 6.49. The van der Waals surface area contributed by atoms with Crippen LogP contribution >= 0.6 is 0 Å². The first-order valence-electron chi connectivity index (χ1n) is 11.6. The molecule has 164 valence electrons. The van der Waals surface area contributed by atoms with Crippen LogP contribution in [0.3, 0.4) is 0 Å². The average molecular weight is 414 g/mol. The molecule has 1 aromatic heterocycles. The van der Waals surface area contributed by atoms with E-state index in [2.05, 4.69) is 24.1 Å². The number of hydrogen-bond acceptors (Lipinski definition) is 5. The number of nitrogens with one attached hydrogen (secondary N) is 1. The SMILES string of the molecule is COc1ccc2oc(N3CCCC[C@H]3C(=O)NCCC3[C@H](C)CCC[C@@H]3C)nc2c1. The first-order valence-corrected chi connectivity index (χ1v) is 11.6. The monoisotopic (exact) mass is 413 g/mol. The highest BCUT2D eigenvalue weighted by Crippen LogP contribution is 2.36. The summed E-state index contributed by atoms with van der Waals surface area (Å²) in [4.78, 5) is 19.7. The van der Waals surface area contributed by atoms with E-state index in [9.17, 15) is 4.79 Å². The number of aromatic nitrogens is 1. The predicted octanol–water partition coefficient (Wildman–Crippen LogP) is 4.77. The number of hydrogen-bond donors (Lipinski definition) is 1. The number of ether oxygens (including phenoxy) is 1. The van der Waals surface area contributed by atoms with Gasteiger partial charge in [0.05, 0.1) is 7.11 Å². The number of nitrogens with zero attached hydrogens (tertiary/aromatic N) is 2. The molecule has 30 heavy (non-hydrogen) atoms. The molecular formula is C24H35N3O3. The molecule has 2 fully saturated rings. The number of carbonyl (C=O) groups excluding carboxylic acids is 1. The first-order chi connectivity index (χ1) is 14.6. The van der Waals surface area contributed by atoms with Crippen molar-refractivity contribution in [1.29, 1.82) is 0 Å². The van der Waals surface area contributed by atoms with Crippen LogP contribution in [0.15, 0.2) is 22.6 Å². The van der Waals surface area contributed by atoms with Gasteiger partial charge >= 0.3 is 0 Å². The largest absolute Gasteiger partial charge is 0.497 e. The second-order valence-corrected chi connectivity index (χ2v) is 9.16. The molecule has 1 saturated carbocycles. The maximum Gasteiger partial charge on any atom is 0.299 e. The zero-order valence-electron chi connectivity index (χ0n) is 18.5. The molecule has 6 nitrogen and oxygen atoms in total. The van der Waals surface area contributed by atoms with E-state index in [1.807, 2.05) is 23.1 Å². The van der Waals surface area contributed by atoms with Crippen LogP contribution in [0.25, 0.3) is 11.1 Å². The maximum absolute atomic E-state index is 13.1. The van der Waals surface area contributed by atoms with E-state index >= 15 is 0 Å². The topological polar surface area (TPSA) is 67.6 Å². The highest BCUT2D eigenvalue weighted by molar-refractivity contribution is 5.85. The van der Waals surface area contributed by atoms with E-state index < -0.39 is 0 Å². The Balaban J connectivity index is 1.41. The Labute approximate surface area is 179 Å². The summed E-state index contributed by atoms with van der Waals surface area (Å²) in [6.45, 7) is 6.28. The maximum atomic E-state index is 13.1. The van der Waals surface area contributed by atoms with Crippen LogP contribution in [0, 0.1) is 17.8 Å². The van der Waals surface area contributed by atoms with Crippen molar-refractivity contribution >= 4 is 23.0 Å². The van der Waals surface area contributed by atoms with Crippen molar-refractivity contribution in [3.8, 4) is 5.75 Å². The van der Waals surface area contributed by atoms with Crippen LogP contribution in [0.1, 0.15) is 58.8 Å². The Hall–Kier alpha value is -2.24. The summed E-state index contributed by atoms with van der Waals surface area (Å²) in [5.74, 6) is 3.09. The second kappa shape index (κ2) is 9.27. The smallest absolute Gasteiger partial charge is 0.299 e. The summed E-state index contributed by atoms with van der Waals surface area (Å²) in [5, 5.41) is 3.22. The number of oxazole rings is 1. The minimum absolute atomic E-state index is 0.102. The second-order valence-electron chi connectivity index (χ2n) is 9.16. The van der Waals surface area contributed by atoms with Crippen molar-refractivity contribution in [1.82, 2.24) is 10.3 Å². The van der Waals surface area contributed by atoms with Crippen LogP contribution in [-0.2, 0) is 4.79 Å². The fourth-order valence-corrected chi connectivity index (χ4v) is 5.38. The van der Waals surface area contributed by atoms with Crippen molar-refractivity contribution in [3.63, 3.8) is 0 Å². The highest BCUT2D eigenvalue weighted by Gasteiger charge is 2.32. The van der Waals surface area contributed by atoms with Gasteiger partial charge in [0, 0.05) is 19.2 Å². The summed E-state index contributed by atoms with van der Waals surface area (Å²) in [6, 6.07) is 5.93. The van der Waals surface area contributed by atoms with Crippen LogP contribution in [0.2, 0.25) is 0 Å². The Morgan fingerprint density at radius 1 is 1.20 bits per heavy atom.